The number of para-hydroxylation sites is 1. The largest absolute Gasteiger partial charge is 0.346 e. The van der Waals surface area contributed by atoms with Crippen LogP contribution in [0.3, 0.4) is 0 Å². The molecule has 168 valence electrons. The van der Waals surface area contributed by atoms with Crippen LogP contribution in [-0.2, 0) is 16.6 Å². The van der Waals surface area contributed by atoms with Crippen LogP contribution >= 0.6 is 0 Å². The Bertz CT molecular complexity index is 1390. The summed E-state index contributed by atoms with van der Waals surface area (Å²) in [6.07, 6.45) is 8.02. The molecule has 2 heterocycles. The van der Waals surface area contributed by atoms with Gasteiger partial charge in [-0.3, -0.25) is 9.78 Å². The fourth-order valence-electron chi connectivity index (χ4n) is 4.60. The highest BCUT2D eigenvalue weighted by molar-refractivity contribution is 7.90. The number of carbonyl (C=O) groups excluding carboxylic acids is 1. The fourth-order valence-corrected chi connectivity index (χ4v) is 5.98. The molecule has 1 saturated carbocycles. The molecule has 0 aliphatic heterocycles. The lowest BCUT2D eigenvalue weighted by Crippen LogP contribution is -2.23. The average Bonchev–Trinajstić information content (AvgIpc) is 3.51. The highest BCUT2D eigenvalue weighted by atomic mass is 32.2. The van der Waals surface area contributed by atoms with Crippen molar-refractivity contribution in [1.82, 2.24) is 14.3 Å². The zero-order valence-corrected chi connectivity index (χ0v) is 19.0. The van der Waals surface area contributed by atoms with Gasteiger partial charge >= 0.3 is 0 Å². The van der Waals surface area contributed by atoms with Gasteiger partial charge in [0.25, 0.3) is 15.9 Å². The van der Waals surface area contributed by atoms with E-state index >= 15 is 0 Å². The first-order valence-corrected chi connectivity index (χ1v) is 12.6. The van der Waals surface area contributed by atoms with Crippen LogP contribution in [0, 0.1) is 0 Å². The van der Waals surface area contributed by atoms with Gasteiger partial charge in [0.2, 0.25) is 0 Å². The average molecular weight is 460 g/mol. The van der Waals surface area contributed by atoms with Gasteiger partial charge in [0.1, 0.15) is 0 Å². The predicted octanol–water partition coefficient (Wildman–Crippen LogP) is 4.86. The van der Waals surface area contributed by atoms with Crippen molar-refractivity contribution >= 4 is 26.8 Å². The van der Waals surface area contributed by atoms with Gasteiger partial charge in [0, 0.05) is 23.3 Å². The Kier molecular flexibility index (Phi) is 5.72. The number of amides is 1. The van der Waals surface area contributed by atoms with Crippen molar-refractivity contribution in [2.45, 2.75) is 43.0 Å². The second-order valence-electron chi connectivity index (χ2n) is 8.41. The van der Waals surface area contributed by atoms with E-state index in [2.05, 4.69) is 10.3 Å². The summed E-state index contributed by atoms with van der Waals surface area (Å²) < 4.78 is 28.4. The Labute approximate surface area is 193 Å². The molecule has 2 aromatic heterocycles. The van der Waals surface area contributed by atoms with Crippen LogP contribution in [0.4, 0.5) is 0 Å². The van der Waals surface area contributed by atoms with E-state index in [4.69, 9.17) is 0 Å². The normalized spacial score (nSPS) is 14.5. The van der Waals surface area contributed by atoms with Gasteiger partial charge in [-0.05, 0) is 66.8 Å². The van der Waals surface area contributed by atoms with Crippen molar-refractivity contribution < 1.29 is 13.2 Å². The molecule has 1 amide bonds. The minimum Gasteiger partial charge on any atom is -0.346 e. The molecule has 5 rings (SSSR count). The van der Waals surface area contributed by atoms with Crippen molar-refractivity contribution in [2.24, 2.45) is 0 Å². The number of hydrogen-bond acceptors (Lipinski definition) is 4. The minimum absolute atomic E-state index is 0.155. The monoisotopic (exact) mass is 459 g/mol. The number of hydrogen-bond donors (Lipinski definition) is 1. The standard InChI is InChI=1S/C26H25N3O3S/c30-26(28-17-21-9-5-6-16-27-21)20-12-14-22(15-13-20)33(31,32)29-18-24(19-7-1-2-8-19)23-10-3-4-11-25(23)29/h3-6,9-16,18-19H,1-2,7-8,17H2,(H,28,30). The van der Waals surface area contributed by atoms with Gasteiger partial charge in [-0.25, -0.2) is 12.4 Å². The third kappa shape index (κ3) is 4.16. The van der Waals surface area contributed by atoms with Gasteiger partial charge < -0.3 is 5.32 Å². The summed E-state index contributed by atoms with van der Waals surface area (Å²) in [5, 5.41) is 3.81. The Morgan fingerprint density at radius 3 is 2.42 bits per heavy atom. The minimum atomic E-state index is -3.80. The molecule has 1 aliphatic carbocycles. The van der Waals surface area contributed by atoms with E-state index in [0.29, 0.717) is 23.5 Å². The summed E-state index contributed by atoms with van der Waals surface area (Å²) >= 11 is 0. The van der Waals surface area contributed by atoms with Crippen molar-refractivity contribution in [2.75, 3.05) is 0 Å². The zero-order chi connectivity index (χ0) is 22.8. The molecule has 33 heavy (non-hydrogen) atoms. The molecule has 0 bridgehead atoms. The number of nitrogens with one attached hydrogen (secondary N) is 1. The molecule has 6 nitrogen and oxygen atoms in total. The lowest BCUT2D eigenvalue weighted by atomic mass is 9.97. The predicted molar refractivity (Wildman–Crippen MR) is 128 cm³/mol. The number of fused-ring (bicyclic) bond motifs is 1. The smallest absolute Gasteiger partial charge is 0.268 e. The van der Waals surface area contributed by atoms with E-state index < -0.39 is 10.0 Å². The quantitative estimate of drug-likeness (QED) is 0.446. The number of aromatic nitrogens is 2. The Morgan fingerprint density at radius 1 is 0.970 bits per heavy atom. The van der Waals surface area contributed by atoms with E-state index in [0.717, 1.165) is 29.5 Å². The number of pyridine rings is 1. The third-order valence-corrected chi connectivity index (χ3v) is 8.02. The first kappa shape index (κ1) is 21.4. The molecule has 1 N–H and O–H groups in total. The molecule has 2 aromatic carbocycles. The molecule has 7 heteroatoms. The first-order chi connectivity index (χ1) is 16.0. The van der Waals surface area contributed by atoms with Crippen LogP contribution in [0.5, 0.6) is 0 Å². The van der Waals surface area contributed by atoms with E-state index in [1.807, 2.05) is 42.5 Å². The third-order valence-electron chi connectivity index (χ3n) is 6.33. The van der Waals surface area contributed by atoms with Crippen LogP contribution < -0.4 is 5.32 Å². The lowest BCUT2D eigenvalue weighted by Gasteiger charge is -2.09. The lowest BCUT2D eigenvalue weighted by molar-refractivity contribution is 0.0950. The topological polar surface area (TPSA) is 81.1 Å². The summed E-state index contributed by atoms with van der Waals surface area (Å²) in [5.74, 6) is 0.121. The van der Waals surface area contributed by atoms with Crippen LogP contribution in [0.15, 0.2) is 84.0 Å². The summed E-state index contributed by atoms with van der Waals surface area (Å²) in [6.45, 7) is 0.305. The highest BCUT2D eigenvalue weighted by Gasteiger charge is 2.26. The van der Waals surface area contributed by atoms with Crippen LogP contribution in [0.25, 0.3) is 10.9 Å². The second-order valence-corrected chi connectivity index (χ2v) is 10.2. The fraction of sp³-hybridized carbons (Fsp3) is 0.231. The molecular weight excluding hydrogens is 434 g/mol. The zero-order valence-electron chi connectivity index (χ0n) is 18.1. The van der Waals surface area contributed by atoms with Crippen LogP contribution in [0.1, 0.15) is 53.2 Å². The van der Waals surface area contributed by atoms with Gasteiger partial charge in [-0.2, -0.15) is 0 Å². The molecule has 4 aromatic rings. The van der Waals surface area contributed by atoms with Gasteiger partial charge in [0.05, 0.1) is 22.7 Å². The molecule has 0 radical (unpaired) electrons. The molecule has 0 spiro atoms. The number of carbonyl (C=O) groups is 1. The highest BCUT2D eigenvalue weighted by Crippen LogP contribution is 2.39. The van der Waals surface area contributed by atoms with Crippen LogP contribution in [-0.4, -0.2) is 23.3 Å². The Hall–Kier alpha value is -3.45. The van der Waals surface area contributed by atoms with E-state index in [1.54, 1.807) is 24.5 Å². The van der Waals surface area contributed by atoms with Gasteiger partial charge in [-0.15, -0.1) is 0 Å². The van der Waals surface area contributed by atoms with Crippen LogP contribution in [0.2, 0.25) is 0 Å². The van der Waals surface area contributed by atoms with Crippen molar-refractivity contribution in [3.63, 3.8) is 0 Å². The number of nitrogens with zero attached hydrogens (tertiary/aromatic N) is 2. The summed E-state index contributed by atoms with van der Waals surface area (Å²) in [4.78, 5) is 16.8. The maximum atomic E-state index is 13.5. The first-order valence-electron chi connectivity index (χ1n) is 11.2. The summed E-state index contributed by atoms with van der Waals surface area (Å²) in [7, 11) is -3.80. The molecule has 1 fully saturated rings. The SMILES string of the molecule is O=C(NCc1ccccn1)c1ccc(S(=O)(=O)n2cc(C3CCCC3)c3ccccc32)cc1. The maximum absolute atomic E-state index is 13.5. The Morgan fingerprint density at radius 2 is 1.70 bits per heavy atom. The summed E-state index contributed by atoms with van der Waals surface area (Å²) in [6, 6.07) is 19.3. The number of rotatable bonds is 6. The molecule has 0 atom stereocenters. The molecule has 1 aliphatic rings. The van der Waals surface area contributed by atoms with Crippen molar-refractivity contribution in [3.8, 4) is 0 Å². The molecular formula is C26H25N3O3S. The van der Waals surface area contributed by atoms with Crippen molar-refractivity contribution in [3.05, 3.63) is 95.9 Å². The van der Waals surface area contributed by atoms with E-state index in [1.165, 1.54) is 28.9 Å². The van der Waals surface area contributed by atoms with Gasteiger partial charge in [-0.1, -0.05) is 37.1 Å². The number of benzene rings is 2. The summed E-state index contributed by atoms with van der Waals surface area (Å²) in [5.41, 5.74) is 2.95. The van der Waals surface area contributed by atoms with Gasteiger partial charge in [0.15, 0.2) is 0 Å². The van der Waals surface area contributed by atoms with Crippen molar-refractivity contribution in [1.29, 1.82) is 0 Å². The maximum Gasteiger partial charge on any atom is 0.268 e. The second kappa shape index (κ2) is 8.83. The van der Waals surface area contributed by atoms with E-state index in [9.17, 15) is 13.2 Å². The van der Waals surface area contributed by atoms with E-state index in [-0.39, 0.29) is 10.8 Å². The Balaban J connectivity index is 1.41. The molecule has 0 saturated heterocycles. The molecule has 0 unspecified atom stereocenters.